The van der Waals surface area contributed by atoms with Crippen LogP contribution >= 0.6 is 43.5 Å². The quantitative estimate of drug-likeness (QED) is 0.539. The number of ether oxygens (including phenoxy) is 2. The van der Waals surface area contributed by atoms with Crippen molar-refractivity contribution in [1.82, 2.24) is 0 Å². The van der Waals surface area contributed by atoms with E-state index in [0.29, 0.717) is 12.0 Å². The normalized spacial score (nSPS) is 23.2. The van der Waals surface area contributed by atoms with Gasteiger partial charge in [-0.3, -0.25) is 0 Å². The molecule has 0 spiro atoms. The van der Waals surface area contributed by atoms with E-state index in [4.69, 9.17) is 21.1 Å². The third-order valence-electron chi connectivity index (χ3n) is 3.71. The van der Waals surface area contributed by atoms with Crippen molar-refractivity contribution in [3.05, 3.63) is 27.2 Å². The third-order valence-corrected chi connectivity index (χ3v) is 5.39. The molecular formula is C15H19Br2ClO2. The van der Waals surface area contributed by atoms with Crippen molar-refractivity contribution in [1.29, 1.82) is 0 Å². The number of hydrogen-bond donors (Lipinski definition) is 0. The van der Waals surface area contributed by atoms with Gasteiger partial charge in [0.2, 0.25) is 0 Å². The summed E-state index contributed by atoms with van der Waals surface area (Å²) in [6.07, 6.45) is 3.84. The van der Waals surface area contributed by atoms with E-state index in [-0.39, 0.29) is 4.83 Å². The Labute approximate surface area is 142 Å². The monoisotopic (exact) mass is 424 g/mol. The number of methoxy groups -OCH3 is 1. The van der Waals surface area contributed by atoms with Crippen LogP contribution in [0.3, 0.4) is 0 Å². The van der Waals surface area contributed by atoms with Crippen LogP contribution in [0, 0.1) is 5.92 Å². The zero-order chi connectivity index (χ0) is 14.7. The van der Waals surface area contributed by atoms with Crippen LogP contribution in [0.5, 0.6) is 5.75 Å². The fourth-order valence-corrected chi connectivity index (χ4v) is 4.55. The minimum atomic E-state index is 0.250. The van der Waals surface area contributed by atoms with Gasteiger partial charge in [0.1, 0.15) is 5.75 Å². The van der Waals surface area contributed by atoms with Crippen molar-refractivity contribution in [2.75, 3.05) is 13.7 Å². The Morgan fingerprint density at radius 2 is 2.10 bits per heavy atom. The predicted octanol–water partition coefficient (Wildman–Crippen LogP) is 5.75. The lowest BCUT2D eigenvalue weighted by atomic mass is 9.78. The molecule has 0 saturated heterocycles. The summed E-state index contributed by atoms with van der Waals surface area (Å²) in [6.45, 7) is 2.86. The Balaban J connectivity index is 2.01. The van der Waals surface area contributed by atoms with E-state index < -0.39 is 0 Å². The van der Waals surface area contributed by atoms with Crippen molar-refractivity contribution in [2.24, 2.45) is 5.92 Å². The SMILES string of the molecule is CCOC1CC(CC(Br)c2cc(Cl)cc(Br)c2OC)C1. The minimum absolute atomic E-state index is 0.250. The first kappa shape index (κ1) is 16.6. The highest BCUT2D eigenvalue weighted by atomic mass is 79.9. The highest BCUT2D eigenvalue weighted by Gasteiger charge is 2.32. The Morgan fingerprint density at radius 3 is 2.70 bits per heavy atom. The van der Waals surface area contributed by atoms with Gasteiger partial charge in [-0.2, -0.15) is 0 Å². The molecule has 1 unspecified atom stereocenters. The van der Waals surface area contributed by atoms with Crippen LogP contribution in [-0.4, -0.2) is 19.8 Å². The van der Waals surface area contributed by atoms with Crippen LogP contribution in [0.15, 0.2) is 16.6 Å². The topological polar surface area (TPSA) is 18.5 Å². The first-order chi connectivity index (χ1) is 9.55. The second-order valence-electron chi connectivity index (χ2n) is 5.13. The first-order valence-corrected chi connectivity index (χ1v) is 8.92. The summed E-state index contributed by atoms with van der Waals surface area (Å²) >= 11 is 13.4. The zero-order valence-corrected chi connectivity index (χ0v) is 15.6. The summed E-state index contributed by atoms with van der Waals surface area (Å²) in [7, 11) is 1.69. The van der Waals surface area contributed by atoms with E-state index in [9.17, 15) is 0 Å². The second-order valence-corrected chi connectivity index (χ2v) is 7.52. The van der Waals surface area contributed by atoms with E-state index in [2.05, 4.69) is 38.8 Å². The van der Waals surface area contributed by atoms with Gasteiger partial charge in [0.15, 0.2) is 0 Å². The van der Waals surface area contributed by atoms with Crippen molar-refractivity contribution in [3.8, 4) is 5.75 Å². The van der Waals surface area contributed by atoms with Gasteiger partial charge in [-0.25, -0.2) is 0 Å². The summed E-state index contributed by atoms with van der Waals surface area (Å²) in [6, 6.07) is 3.83. The Hall–Kier alpha value is 0.230. The number of alkyl halides is 1. The summed E-state index contributed by atoms with van der Waals surface area (Å²) in [4.78, 5) is 0.250. The molecule has 1 aromatic rings. The fourth-order valence-electron chi connectivity index (χ4n) is 2.69. The van der Waals surface area contributed by atoms with Crippen LogP contribution in [0.1, 0.15) is 36.6 Å². The first-order valence-electron chi connectivity index (χ1n) is 6.83. The van der Waals surface area contributed by atoms with Gasteiger partial charge in [0, 0.05) is 22.0 Å². The number of hydrogen-bond acceptors (Lipinski definition) is 2. The maximum absolute atomic E-state index is 6.15. The molecule has 0 aliphatic heterocycles. The Bertz CT molecular complexity index is 461. The molecule has 1 saturated carbocycles. The van der Waals surface area contributed by atoms with Gasteiger partial charge in [0.25, 0.3) is 0 Å². The van der Waals surface area contributed by atoms with Crippen LogP contribution in [0.4, 0.5) is 0 Å². The van der Waals surface area contributed by atoms with E-state index in [0.717, 1.165) is 46.7 Å². The van der Waals surface area contributed by atoms with E-state index >= 15 is 0 Å². The third kappa shape index (κ3) is 3.90. The summed E-state index contributed by atoms with van der Waals surface area (Å²) in [5.41, 5.74) is 1.10. The molecule has 1 fully saturated rings. The molecule has 0 aromatic heterocycles. The molecular weight excluding hydrogens is 407 g/mol. The molecule has 0 N–H and O–H groups in total. The molecule has 1 aliphatic carbocycles. The fraction of sp³-hybridized carbons (Fsp3) is 0.600. The molecule has 1 aromatic carbocycles. The van der Waals surface area contributed by atoms with Crippen molar-refractivity contribution in [3.63, 3.8) is 0 Å². The summed E-state index contributed by atoms with van der Waals surface area (Å²) < 4.78 is 12.0. The molecule has 5 heteroatoms. The summed E-state index contributed by atoms with van der Waals surface area (Å²) in [5.74, 6) is 1.57. The van der Waals surface area contributed by atoms with Gasteiger partial charge in [-0.05, 0) is 60.2 Å². The average molecular weight is 427 g/mol. The van der Waals surface area contributed by atoms with Crippen LogP contribution in [0.25, 0.3) is 0 Å². The van der Waals surface area contributed by atoms with Crippen LogP contribution in [-0.2, 0) is 4.74 Å². The number of halogens is 3. The molecule has 20 heavy (non-hydrogen) atoms. The van der Waals surface area contributed by atoms with Gasteiger partial charge in [0.05, 0.1) is 17.7 Å². The Morgan fingerprint density at radius 1 is 1.40 bits per heavy atom. The Kier molecular flexibility index (Phi) is 6.21. The molecule has 0 heterocycles. The highest BCUT2D eigenvalue weighted by molar-refractivity contribution is 9.10. The molecule has 0 amide bonds. The standard InChI is InChI=1S/C15H19Br2ClO2/c1-3-20-11-4-9(5-11)6-13(16)12-7-10(18)8-14(17)15(12)19-2/h7-9,11,13H,3-6H2,1-2H3. The van der Waals surface area contributed by atoms with E-state index in [1.807, 2.05) is 12.1 Å². The van der Waals surface area contributed by atoms with Crippen LogP contribution < -0.4 is 4.74 Å². The lowest BCUT2D eigenvalue weighted by molar-refractivity contribution is -0.0264. The van der Waals surface area contributed by atoms with E-state index in [1.54, 1.807) is 7.11 Å². The maximum Gasteiger partial charge on any atom is 0.137 e. The lowest BCUT2D eigenvalue weighted by Crippen LogP contribution is -2.31. The molecule has 0 bridgehead atoms. The number of benzene rings is 1. The van der Waals surface area contributed by atoms with Gasteiger partial charge < -0.3 is 9.47 Å². The van der Waals surface area contributed by atoms with E-state index in [1.165, 1.54) is 0 Å². The lowest BCUT2D eigenvalue weighted by Gasteiger charge is -2.36. The maximum atomic E-state index is 6.15. The highest BCUT2D eigenvalue weighted by Crippen LogP contribution is 2.45. The molecule has 0 radical (unpaired) electrons. The smallest absolute Gasteiger partial charge is 0.137 e. The molecule has 1 aliphatic rings. The predicted molar refractivity (Wildman–Crippen MR) is 90.1 cm³/mol. The average Bonchev–Trinajstić information content (AvgIpc) is 2.35. The second kappa shape index (κ2) is 7.48. The molecule has 2 nitrogen and oxygen atoms in total. The van der Waals surface area contributed by atoms with Gasteiger partial charge in [-0.15, -0.1) is 0 Å². The zero-order valence-electron chi connectivity index (χ0n) is 11.7. The van der Waals surface area contributed by atoms with Crippen molar-refractivity contribution < 1.29 is 9.47 Å². The minimum Gasteiger partial charge on any atom is -0.495 e. The molecule has 2 rings (SSSR count). The van der Waals surface area contributed by atoms with Gasteiger partial charge >= 0.3 is 0 Å². The van der Waals surface area contributed by atoms with Gasteiger partial charge in [-0.1, -0.05) is 27.5 Å². The largest absolute Gasteiger partial charge is 0.495 e. The molecule has 112 valence electrons. The number of rotatable bonds is 6. The molecule has 1 atom stereocenters. The van der Waals surface area contributed by atoms with Crippen molar-refractivity contribution >= 4 is 43.5 Å². The van der Waals surface area contributed by atoms with Crippen molar-refractivity contribution in [2.45, 2.75) is 37.1 Å². The summed E-state index contributed by atoms with van der Waals surface area (Å²) in [5, 5.41) is 0.720. The van der Waals surface area contributed by atoms with Crippen LogP contribution in [0.2, 0.25) is 5.02 Å².